The average Bonchev–Trinajstić information content (AvgIpc) is 3.53. The lowest BCUT2D eigenvalue weighted by Crippen LogP contribution is -2.34. The quantitative estimate of drug-likeness (QED) is 0.180. The number of hydrogen-bond donors (Lipinski definition) is 1. The molecule has 2 aliphatic rings. The highest BCUT2D eigenvalue weighted by molar-refractivity contribution is 5.48. The van der Waals surface area contributed by atoms with Crippen LogP contribution in [0.3, 0.4) is 0 Å². The molecule has 3 unspecified atom stereocenters. The predicted octanol–water partition coefficient (Wildman–Crippen LogP) is 8.69. The standard InChI is InChI=1S/C37H49NO3/c39-37-36(30-18-10-9-11-19-30)35(33-20-12-13-21-34(33)41-37)31-22-24-32(25-23-31)40-29-17-8-6-4-2-1-3-5-7-14-26-38-27-15-16-28-38/h9-13,18-25,35-37,39H,1-8,14-17,26-29H2. The van der Waals surface area contributed by atoms with Crippen molar-refractivity contribution < 1.29 is 14.6 Å². The van der Waals surface area contributed by atoms with E-state index in [0.29, 0.717) is 0 Å². The highest BCUT2D eigenvalue weighted by atomic mass is 16.6. The molecule has 0 spiro atoms. The Balaban J connectivity index is 1.01. The molecule has 1 N–H and O–H groups in total. The maximum Gasteiger partial charge on any atom is 0.205 e. The Morgan fingerprint density at radius 1 is 0.659 bits per heavy atom. The van der Waals surface area contributed by atoms with Crippen molar-refractivity contribution >= 4 is 0 Å². The summed E-state index contributed by atoms with van der Waals surface area (Å²) in [7, 11) is 0. The maximum absolute atomic E-state index is 11.0. The molecule has 0 amide bonds. The number of fused-ring (bicyclic) bond motifs is 1. The van der Waals surface area contributed by atoms with Crippen molar-refractivity contribution in [2.45, 2.75) is 95.2 Å². The average molecular weight is 556 g/mol. The molecule has 1 saturated heterocycles. The number of nitrogens with zero attached hydrogens (tertiary/aromatic N) is 1. The second kappa shape index (κ2) is 16.0. The van der Waals surface area contributed by atoms with E-state index in [1.54, 1.807) is 0 Å². The van der Waals surface area contributed by atoms with Gasteiger partial charge in [-0.25, -0.2) is 0 Å². The van der Waals surface area contributed by atoms with E-state index in [0.717, 1.165) is 41.2 Å². The number of aliphatic hydroxyl groups excluding tert-OH is 1. The van der Waals surface area contributed by atoms with Crippen LogP contribution in [0.5, 0.6) is 11.5 Å². The largest absolute Gasteiger partial charge is 0.494 e. The predicted molar refractivity (Wildman–Crippen MR) is 168 cm³/mol. The molecule has 220 valence electrons. The van der Waals surface area contributed by atoms with Crippen LogP contribution in [0, 0.1) is 0 Å². The molecule has 2 aliphatic heterocycles. The third kappa shape index (κ3) is 8.59. The Morgan fingerprint density at radius 2 is 1.27 bits per heavy atom. The summed E-state index contributed by atoms with van der Waals surface area (Å²) in [6.45, 7) is 4.77. The Kier molecular flexibility index (Phi) is 11.6. The van der Waals surface area contributed by atoms with E-state index in [-0.39, 0.29) is 11.8 Å². The van der Waals surface area contributed by atoms with Crippen LogP contribution in [0.15, 0.2) is 78.9 Å². The Morgan fingerprint density at radius 3 is 1.98 bits per heavy atom. The molecule has 5 rings (SSSR count). The fourth-order valence-corrected chi connectivity index (χ4v) is 6.64. The van der Waals surface area contributed by atoms with Gasteiger partial charge in [-0.1, -0.05) is 112 Å². The zero-order valence-corrected chi connectivity index (χ0v) is 24.8. The number of aliphatic hydroxyl groups is 1. The molecule has 0 radical (unpaired) electrons. The minimum atomic E-state index is -0.905. The summed E-state index contributed by atoms with van der Waals surface area (Å²) in [4.78, 5) is 2.64. The van der Waals surface area contributed by atoms with Gasteiger partial charge >= 0.3 is 0 Å². The van der Waals surface area contributed by atoms with Crippen molar-refractivity contribution in [1.82, 2.24) is 4.90 Å². The molecule has 3 aromatic carbocycles. The Labute approximate surface area is 247 Å². The number of hydrogen-bond acceptors (Lipinski definition) is 4. The first-order valence-corrected chi connectivity index (χ1v) is 16.2. The van der Waals surface area contributed by atoms with Crippen LogP contribution in [0.1, 0.15) is 106 Å². The Hall–Kier alpha value is -2.82. The second-order valence-electron chi connectivity index (χ2n) is 12.0. The number of para-hydroxylation sites is 1. The summed E-state index contributed by atoms with van der Waals surface area (Å²) in [5.74, 6) is 1.49. The molecule has 4 heteroatoms. The molecule has 3 aromatic rings. The van der Waals surface area contributed by atoms with Crippen molar-refractivity contribution in [1.29, 1.82) is 0 Å². The van der Waals surface area contributed by atoms with Crippen LogP contribution in [0.25, 0.3) is 0 Å². The SMILES string of the molecule is OC1Oc2ccccc2C(c2ccc(OCCCCCCCCCCCCN3CCCC3)cc2)C1c1ccccc1. The zero-order valence-electron chi connectivity index (χ0n) is 24.8. The van der Waals surface area contributed by atoms with Gasteiger partial charge in [0.25, 0.3) is 0 Å². The Bertz CT molecular complexity index is 1140. The molecular formula is C37H49NO3. The molecular weight excluding hydrogens is 506 g/mol. The van der Waals surface area contributed by atoms with Gasteiger partial charge in [-0.3, -0.25) is 0 Å². The van der Waals surface area contributed by atoms with E-state index in [9.17, 15) is 5.11 Å². The fraction of sp³-hybridized carbons (Fsp3) is 0.514. The van der Waals surface area contributed by atoms with E-state index in [4.69, 9.17) is 9.47 Å². The summed E-state index contributed by atoms with van der Waals surface area (Å²) in [6.07, 6.45) is 15.3. The first kappa shape index (κ1) is 29.7. The molecule has 1 fully saturated rings. The van der Waals surface area contributed by atoms with Crippen LogP contribution >= 0.6 is 0 Å². The number of rotatable bonds is 16. The smallest absolute Gasteiger partial charge is 0.205 e. The van der Waals surface area contributed by atoms with Gasteiger partial charge in [-0.15, -0.1) is 0 Å². The monoisotopic (exact) mass is 555 g/mol. The first-order valence-electron chi connectivity index (χ1n) is 16.2. The van der Waals surface area contributed by atoms with E-state index < -0.39 is 6.29 Å². The summed E-state index contributed by atoms with van der Waals surface area (Å²) in [5, 5.41) is 11.0. The lowest BCUT2D eigenvalue weighted by molar-refractivity contribution is -0.0530. The molecule has 41 heavy (non-hydrogen) atoms. The van der Waals surface area contributed by atoms with Gasteiger partial charge in [0.2, 0.25) is 6.29 Å². The van der Waals surface area contributed by atoms with Crippen molar-refractivity contribution in [3.63, 3.8) is 0 Å². The normalized spacial score (nSPS) is 20.5. The van der Waals surface area contributed by atoms with Crippen LogP contribution in [0.2, 0.25) is 0 Å². The summed E-state index contributed by atoms with van der Waals surface area (Å²) < 4.78 is 12.0. The maximum atomic E-state index is 11.0. The molecule has 4 nitrogen and oxygen atoms in total. The molecule has 2 heterocycles. The van der Waals surface area contributed by atoms with Crippen molar-refractivity contribution in [2.24, 2.45) is 0 Å². The highest BCUT2D eigenvalue weighted by Gasteiger charge is 2.39. The number of benzene rings is 3. The number of ether oxygens (including phenoxy) is 2. The van der Waals surface area contributed by atoms with Gasteiger partial charge in [-0.05, 0) is 74.6 Å². The van der Waals surface area contributed by atoms with Gasteiger partial charge in [0.15, 0.2) is 0 Å². The zero-order chi connectivity index (χ0) is 28.1. The van der Waals surface area contributed by atoms with E-state index in [1.165, 1.54) is 90.3 Å². The fourth-order valence-electron chi connectivity index (χ4n) is 6.64. The van der Waals surface area contributed by atoms with Crippen LogP contribution in [-0.2, 0) is 0 Å². The second-order valence-corrected chi connectivity index (χ2v) is 12.0. The van der Waals surface area contributed by atoms with Gasteiger partial charge in [-0.2, -0.15) is 0 Å². The van der Waals surface area contributed by atoms with E-state index in [1.807, 2.05) is 36.4 Å². The minimum Gasteiger partial charge on any atom is -0.494 e. The lowest BCUT2D eigenvalue weighted by Gasteiger charge is -2.37. The van der Waals surface area contributed by atoms with E-state index >= 15 is 0 Å². The molecule has 0 aromatic heterocycles. The van der Waals surface area contributed by atoms with Crippen LogP contribution in [0.4, 0.5) is 0 Å². The first-order chi connectivity index (χ1) is 20.3. The third-order valence-electron chi connectivity index (χ3n) is 8.93. The number of unbranched alkanes of at least 4 members (excludes halogenated alkanes) is 9. The summed E-state index contributed by atoms with van der Waals surface area (Å²) >= 11 is 0. The lowest BCUT2D eigenvalue weighted by atomic mass is 9.75. The van der Waals surface area contributed by atoms with Gasteiger partial charge in [0.05, 0.1) is 12.5 Å². The minimum absolute atomic E-state index is 0.00123. The van der Waals surface area contributed by atoms with Crippen molar-refractivity contribution in [3.05, 3.63) is 95.6 Å². The molecule has 0 bridgehead atoms. The topological polar surface area (TPSA) is 41.9 Å². The third-order valence-corrected chi connectivity index (χ3v) is 8.93. The van der Waals surface area contributed by atoms with Gasteiger partial charge < -0.3 is 19.5 Å². The molecule has 3 atom stereocenters. The number of likely N-dealkylation sites (tertiary alicyclic amines) is 1. The van der Waals surface area contributed by atoms with Crippen molar-refractivity contribution in [2.75, 3.05) is 26.2 Å². The van der Waals surface area contributed by atoms with Crippen LogP contribution in [-0.4, -0.2) is 42.5 Å². The highest BCUT2D eigenvalue weighted by Crippen LogP contribution is 2.48. The summed E-state index contributed by atoms with van der Waals surface area (Å²) in [5.41, 5.74) is 3.35. The summed E-state index contributed by atoms with van der Waals surface area (Å²) in [6, 6.07) is 26.7. The van der Waals surface area contributed by atoms with Crippen molar-refractivity contribution in [3.8, 4) is 11.5 Å². The van der Waals surface area contributed by atoms with Gasteiger partial charge in [0, 0.05) is 11.5 Å². The van der Waals surface area contributed by atoms with Gasteiger partial charge in [0.1, 0.15) is 11.5 Å². The molecule has 0 aliphatic carbocycles. The van der Waals surface area contributed by atoms with Crippen LogP contribution < -0.4 is 9.47 Å². The van der Waals surface area contributed by atoms with E-state index in [2.05, 4.69) is 47.4 Å². The molecule has 0 saturated carbocycles.